The molecule has 0 bridgehead atoms. The van der Waals surface area contributed by atoms with Crippen LogP contribution in [0.5, 0.6) is 0 Å². The van der Waals surface area contributed by atoms with Crippen LogP contribution in [0.1, 0.15) is 25.2 Å². The molecule has 1 aromatic rings. The normalized spacial score (nSPS) is 12.1. The largest absolute Gasteiger partial charge is 0.480 e. The number of aliphatic carboxylic acids is 1. The number of hydrogen-bond acceptors (Lipinski definition) is 5. The summed E-state index contributed by atoms with van der Waals surface area (Å²) < 4.78 is 0. The van der Waals surface area contributed by atoms with Crippen molar-refractivity contribution in [1.82, 2.24) is 20.5 Å². The van der Waals surface area contributed by atoms with Crippen molar-refractivity contribution in [2.75, 3.05) is 5.32 Å². The second kappa shape index (κ2) is 6.07. The third kappa shape index (κ3) is 4.16. The molecule has 1 unspecified atom stereocenters. The number of hydrogen-bond donors (Lipinski definition) is 3. The lowest BCUT2D eigenvalue weighted by atomic mass is 10.1. The highest BCUT2D eigenvalue weighted by Gasteiger charge is 2.23. The smallest absolute Gasteiger partial charge is 0.326 e. The Bertz CT molecular complexity index is 489. The predicted molar refractivity (Wildman–Crippen MR) is 67.7 cm³/mol. The number of carboxylic acids is 1. The third-order valence-corrected chi connectivity index (χ3v) is 2.54. The summed E-state index contributed by atoms with van der Waals surface area (Å²) in [4.78, 5) is 26.6. The van der Waals surface area contributed by atoms with E-state index in [2.05, 4.69) is 25.8 Å². The highest BCUT2D eigenvalue weighted by Crippen LogP contribution is 2.04. The number of aromatic nitrogens is 3. The predicted octanol–water partition coefficient (Wildman–Crippen LogP) is 0.719. The number of anilines is 1. The number of rotatable bonds is 4. The van der Waals surface area contributed by atoms with Crippen molar-refractivity contribution in [3.63, 3.8) is 0 Å². The van der Waals surface area contributed by atoms with E-state index in [0.717, 1.165) is 0 Å². The van der Waals surface area contributed by atoms with E-state index in [-0.39, 0.29) is 11.9 Å². The van der Waals surface area contributed by atoms with Crippen LogP contribution in [0.3, 0.4) is 0 Å². The Labute approximate surface area is 110 Å². The minimum atomic E-state index is -1.09. The SMILES string of the molecule is Cc1nnc(NC(=O)NC(C(=O)O)C(C)C)nc1C. The first-order valence-electron chi connectivity index (χ1n) is 5.79. The van der Waals surface area contributed by atoms with Crippen molar-refractivity contribution in [2.45, 2.75) is 33.7 Å². The van der Waals surface area contributed by atoms with Crippen molar-refractivity contribution in [3.05, 3.63) is 11.4 Å². The monoisotopic (exact) mass is 267 g/mol. The molecule has 0 saturated carbocycles. The van der Waals surface area contributed by atoms with E-state index in [9.17, 15) is 9.59 Å². The Hall–Kier alpha value is -2.25. The van der Waals surface area contributed by atoms with E-state index >= 15 is 0 Å². The number of amides is 2. The molecule has 1 rings (SSSR count). The summed E-state index contributed by atoms with van der Waals surface area (Å²) in [6.45, 7) is 6.89. The van der Waals surface area contributed by atoms with Crippen LogP contribution in [0, 0.1) is 19.8 Å². The number of nitrogens with zero attached hydrogens (tertiary/aromatic N) is 3. The Kier molecular flexibility index (Phi) is 4.74. The first kappa shape index (κ1) is 14.8. The van der Waals surface area contributed by atoms with Gasteiger partial charge in [0.2, 0.25) is 0 Å². The maximum atomic E-state index is 11.6. The molecule has 2 amide bonds. The lowest BCUT2D eigenvalue weighted by molar-refractivity contribution is -0.140. The van der Waals surface area contributed by atoms with Gasteiger partial charge in [-0.05, 0) is 19.8 Å². The van der Waals surface area contributed by atoms with Gasteiger partial charge >= 0.3 is 12.0 Å². The summed E-state index contributed by atoms with van der Waals surface area (Å²) >= 11 is 0. The molecule has 0 aromatic carbocycles. The van der Waals surface area contributed by atoms with Crippen LogP contribution in [-0.2, 0) is 4.79 Å². The van der Waals surface area contributed by atoms with Crippen molar-refractivity contribution >= 4 is 17.9 Å². The highest BCUT2D eigenvalue weighted by molar-refractivity contribution is 5.90. The Morgan fingerprint density at radius 1 is 1.16 bits per heavy atom. The average molecular weight is 267 g/mol. The van der Waals surface area contributed by atoms with Crippen LogP contribution in [0.2, 0.25) is 0 Å². The summed E-state index contributed by atoms with van der Waals surface area (Å²) in [5.74, 6) is -1.29. The zero-order chi connectivity index (χ0) is 14.6. The van der Waals surface area contributed by atoms with Crippen molar-refractivity contribution in [2.24, 2.45) is 5.92 Å². The lowest BCUT2D eigenvalue weighted by Crippen LogP contribution is -2.46. The zero-order valence-electron chi connectivity index (χ0n) is 11.3. The van der Waals surface area contributed by atoms with Gasteiger partial charge in [-0.25, -0.2) is 14.6 Å². The fourth-order valence-corrected chi connectivity index (χ4v) is 1.30. The van der Waals surface area contributed by atoms with Gasteiger partial charge in [-0.3, -0.25) is 5.32 Å². The maximum Gasteiger partial charge on any atom is 0.326 e. The van der Waals surface area contributed by atoms with Gasteiger partial charge in [-0.15, -0.1) is 5.10 Å². The second-order valence-electron chi connectivity index (χ2n) is 4.46. The molecule has 8 nitrogen and oxygen atoms in total. The Morgan fingerprint density at radius 2 is 1.79 bits per heavy atom. The van der Waals surface area contributed by atoms with Crippen molar-refractivity contribution in [3.8, 4) is 0 Å². The number of aryl methyl sites for hydroxylation is 2. The molecule has 1 atom stereocenters. The molecule has 0 saturated heterocycles. The summed E-state index contributed by atoms with van der Waals surface area (Å²) in [5.41, 5.74) is 1.31. The minimum Gasteiger partial charge on any atom is -0.480 e. The second-order valence-corrected chi connectivity index (χ2v) is 4.46. The van der Waals surface area contributed by atoms with Gasteiger partial charge in [-0.1, -0.05) is 13.8 Å². The molecule has 8 heteroatoms. The first-order valence-corrected chi connectivity index (χ1v) is 5.79. The van der Waals surface area contributed by atoms with E-state index in [4.69, 9.17) is 5.11 Å². The highest BCUT2D eigenvalue weighted by atomic mass is 16.4. The molecular weight excluding hydrogens is 250 g/mol. The van der Waals surface area contributed by atoms with Crippen LogP contribution < -0.4 is 10.6 Å². The topological polar surface area (TPSA) is 117 Å². The summed E-state index contributed by atoms with van der Waals surface area (Å²) in [6, 6.07) is -1.65. The van der Waals surface area contributed by atoms with Gasteiger partial charge < -0.3 is 10.4 Å². The molecule has 0 radical (unpaired) electrons. The van der Waals surface area contributed by atoms with E-state index in [1.54, 1.807) is 27.7 Å². The van der Waals surface area contributed by atoms with Gasteiger partial charge in [-0.2, -0.15) is 5.10 Å². The molecule has 19 heavy (non-hydrogen) atoms. The van der Waals surface area contributed by atoms with Crippen molar-refractivity contribution < 1.29 is 14.7 Å². The van der Waals surface area contributed by atoms with E-state index in [1.807, 2.05) is 0 Å². The van der Waals surface area contributed by atoms with Crippen LogP contribution in [-0.4, -0.2) is 38.3 Å². The summed E-state index contributed by atoms with van der Waals surface area (Å²) in [6.07, 6.45) is 0. The van der Waals surface area contributed by atoms with Crippen LogP contribution in [0.4, 0.5) is 10.7 Å². The zero-order valence-corrected chi connectivity index (χ0v) is 11.3. The number of carbonyl (C=O) groups is 2. The molecular formula is C11H17N5O3. The summed E-state index contributed by atoms with van der Waals surface area (Å²) in [5, 5.41) is 21.2. The molecule has 0 aliphatic carbocycles. The van der Waals surface area contributed by atoms with Gasteiger partial charge in [0.1, 0.15) is 6.04 Å². The number of nitrogens with one attached hydrogen (secondary N) is 2. The number of carbonyl (C=O) groups excluding carboxylic acids is 1. The number of carboxylic acid groups (broad SMARTS) is 1. The molecule has 1 aromatic heterocycles. The molecule has 0 fully saturated rings. The van der Waals surface area contributed by atoms with Gasteiger partial charge in [0.25, 0.3) is 5.95 Å². The lowest BCUT2D eigenvalue weighted by Gasteiger charge is -2.17. The molecule has 1 heterocycles. The molecule has 0 spiro atoms. The first-order chi connectivity index (χ1) is 8.81. The fraction of sp³-hybridized carbons (Fsp3) is 0.545. The van der Waals surface area contributed by atoms with Crippen LogP contribution in [0.15, 0.2) is 0 Å². The van der Waals surface area contributed by atoms with Gasteiger partial charge in [0.15, 0.2) is 0 Å². The Balaban J connectivity index is 2.69. The Morgan fingerprint density at radius 3 is 2.26 bits per heavy atom. The molecule has 0 aliphatic heterocycles. The van der Waals surface area contributed by atoms with E-state index in [0.29, 0.717) is 11.4 Å². The summed E-state index contributed by atoms with van der Waals surface area (Å²) in [7, 11) is 0. The maximum absolute atomic E-state index is 11.6. The van der Waals surface area contributed by atoms with Gasteiger partial charge in [0.05, 0.1) is 11.4 Å². The minimum absolute atomic E-state index is 0.0356. The molecule has 104 valence electrons. The van der Waals surface area contributed by atoms with E-state index in [1.165, 1.54) is 0 Å². The third-order valence-electron chi connectivity index (χ3n) is 2.54. The van der Waals surface area contributed by atoms with Crippen LogP contribution in [0.25, 0.3) is 0 Å². The van der Waals surface area contributed by atoms with Crippen LogP contribution >= 0.6 is 0 Å². The molecule has 0 aliphatic rings. The quantitative estimate of drug-likeness (QED) is 0.740. The standard InChI is InChI=1S/C11H17N5O3/c1-5(2)8(9(17)18)13-11(19)14-10-12-6(3)7(4)15-16-10/h5,8H,1-4H3,(H,17,18)(H2,12,13,14,16,19). The number of urea groups is 1. The molecule has 3 N–H and O–H groups in total. The van der Waals surface area contributed by atoms with Crippen molar-refractivity contribution in [1.29, 1.82) is 0 Å². The van der Waals surface area contributed by atoms with Gasteiger partial charge in [0, 0.05) is 0 Å². The fourth-order valence-electron chi connectivity index (χ4n) is 1.30. The average Bonchev–Trinajstić information content (AvgIpc) is 2.30. The van der Waals surface area contributed by atoms with E-state index < -0.39 is 18.0 Å².